The molecule has 0 saturated carbocycles. The molecule has 0 aliphatic rings. The molecule has 1 atom stereocenters. The Hall–Kier alpha value is 0.467. The molecule has 12 heavy (non-hydrogen) atoms. The van der Waals surface area contributed by atoms with Crippen molar-refractivity contribution in [3.8, 4) is 0 Å². The number of hydrogen-bond acceptors (Lipinski definition) is 1. The molecule has 1 nitrogen and oxygen atoms in total. The summed E-state index contributed by atoms with van der Waals surface area (Å²) in [4.78, 5) is 0. The van der Waals surface area contributed by atoms with Crippen LogP contribution >= 0.6 is 11.6 Å². The summed E-state index contributed by atoms with van der Waals surface area (Å²) >= 11 is 5.70. The molecule has 0 aliphatic heterocycles. The molecule has 0 amide bonds. The van der Waals surface area contributed by atoms with Gasteiger partial charge in [0.2, 0.25) is 0 Å². The van der Waals surface area contributed by atoms with Crippen molar-refractivity contribution in [2.24, 2.45) is 0 Å². The maximum Gasteiger partial charge on any atom is 0.182 e. The fourth-order valence-electron chi connectivity index (χ4n) is 1.39. The summed E-state index contributed by atoms with van der Waals surface area (Å²) in [5, 5.41) is 0. The Bertz CT molecular complexity index is 109. The van der Waals surface area contributed by atoms with Gasteiger partial charge in [0.25, 0.3) is 0 Å². The standard InChI is InChI=1S/C9H21ClOSi/c1-7(2)12(8(3)4)11-9(5)6-10/h7-9,12H,6H2,1-5H3. The monoisotopic (exact) mass is 208 g/mol. The summed E-state index contributed by atoms with van der Waals surface area (Å²) < 4.78 is 5.93. The second kappa shape index (κ2) is 6.00. The highest BCUT2D eigenvalue weighted by Gasteiger charge is 2.22. The lowest BCUT2D eigenvalue weighted by molar-refractivity contribution is 0.236. The van der Waals surface area contributed by atoms with E-state index in [1.165, 1.54) is 0 Å². The van der Waals surface area contributed by atoms with Crippen molar-refractivity contribution in [3.05, 3.63) is 0 Å². The molecule has 0 heterocycles. The third-order valence-corrected chi connectivity index (χ3v) is 5.76. The molecule has 0 radical (unpaired) electrons. The van der Waals surface area contributed by atoms with E-state index in [1.54, 1.807) is 0 Å². The summed E-state index contributed by atoms with van der Waals surface area (Å²) in [6.07, 6.45) is 0.230. The zero-order chi connectivity index (χ0) is 9.72. The van der Waals surface area contributed by atoms with Gasteiger partial charge in [0.15, 0.2) is 9.04 Å². The van der Waals surface area contributed by atoms with Crippen molar-refractivity contribution in [1.29, 1.82) is 0 Å². The molecular formula is C9H21ClOSi. The minimum absolute atomic E-state index is 0.230. The normalized spacial score (nSPS) is 14.8. The second-order valence-electron chi connectivity index (χ2n) is 4.05. The predicted octanol–water partition coefficient (Wildman–Crippen LogP) is 3.17. The van der Waals surface area contributed by atoms with Crippen LogP contribution in [-0.4, -0.2) is 21.0 Å². The lowest BCUT2D eigenvalue weighted by Crippen LogP contribution is -2.30. The zero-order valence-electron chi connectivity index (χ0n) is 8.80. The van der Waals surface area contributed by atoms with E-state index in [9.17, 15) is 0 Å². The summed E-state index contributed by atoms with van der Waals surface area (Å²) in [5.74, 6) is 0.614. The first kappa shape index (κ1) is 12.5. The van der Waals surface area contributed by atoms with E-state index in [0.29, 0.717) is 17.0 Å². The minimum Gasteiger partial charge on any atom is -0.416 e. The van der Waals surface area contributed by atoms with Crippen LogP contribution < -0.4 is 0 Å². The van der Waals surface area contributed by atoms with Gasteiger partial charge in [0, 0.05) is 5.88 Å². The molecule has 0 bridgehead atoms. The van der Waals surface area contributed by atoms with Gasteiger partial charge in [-0.25, -0.2) is 0 Å². The first-order chi connectivity index (χ1) is 5.49. The van der Waals surface area contributed by atoms with Crippen LogP contribution in [0.1, 0.15) is 34.6 Å². The highest BCUT2D eigenvalue weighted by molar-refractivity contribution is 6.55. The first-order valence-electron chi connectivity index (χ1n) is 4.70. The molecule has 0 aromatic heterocycles. The predicted molar refractivity (Wildman–Crippen MR) is 58.6 cm³/mol. The quantitative estimate of drug-likeness (QED) is 0.498. The molecule has 0 fully saturated rings. The maximum atomic E-state index is 5.93. The van der Waals surface area contributed by atoms with Gasteiger partial charge in [-0.2, -0.15) is 0 Å². The van der Waals surface area contributed by atoms with Crippen LogP contribution in [0.15, 0.2) is 0 Å². The van der Waals surface area contributed by atoms with E-state index in [0.717, 1.165) is 0 Å². The van der Waals surface area contributed by atoms with Crippen LogP contribution in [0.4, 0.5) is 0 Å². The van der Waals surface area contributed by atoms with Gasteiger partial charge in [-0.1, -0.05) is 27.7 Å². The van der Waals surface area contributed by atoms with Crippen LogP contribution in [0.5, 0.6) is 0 Å². The second-order valence-corrected chi connectivity index (χ2v) is 8.23. The first-order valence-corrected chi connectivity index (χ1v) is 7.04. The highest BCUT2D eigenvalue weighted by Crippen LogP contribution is 2.22. The van der Waals surface area contributed by atoms with Crippen molar-refractivity contribution in [1.82, 2.24) is 0 Å². The number of halogens is 1. The van der Waals surface area contributed by atoms with Crippen molar-refractivity contribution in [3.63, 3.8) is 0 Å². The Morgan fingerprint density at radius 3 is 1.75 bits per heavy atom. The van der Waals surface area contributed by atoms with Crippen LogP contribution in [0.2, 0.25) is 11.1 Å². The van der Waals surface area contributed by atoms with Gasteiger partial charge >= 0.3 is 0 Å². The number of alkyl halides is 1. The Morgan fingerprint density at radius 2 is 1.50 bits per heavy atom. The Balaban J connectivity index is 3.95. The van der Waals surface area contributed by atoms with Gasteiger partial charge in [0.1, 0.15) is 0 Å². The van der Waals surface area contributed by atoms with Gasteiger partial charge in [-0.05, 0) is 18.0 Å². The van der Waals surface area contributed by atoms with Crippen LogP contribution in [0.3, 0.4) is 0 Å². The lowest BCUT2D eigenvalue weighted by Gasteiger charge is -2.26. The third-order valence-electron chi connectivity index (χ3n) is 1.92. The minimum atomic E-state index is -1.04. The average molecular weight is 209 g/mol. The topological polar surface area (TPSA) is 9.23 Å². The number of hydrogen-bond donors (Lipinski definition) is 0. The Morgan fingerprint density at radius 1 is 1.08 bits per heavy atom. The maximum absolute atomic E-state index is 5.93. The number of rotatable bonds is 5. The van der Waals surface area contributed by atoms with E-state index < -0.39 is 9.04 Å². The van der Waals surface area contributed by atoms with E-state index in [-0.39, 0.29) is 6.10 Å². The van der Waals surface area contributed by atoms with Crippen LogP contribution in [-0.2, 0) is 4.43 Å². The molecule has 0 saturated heterocycles. The summed E-state index contributed by atoms with van der Waals surface area (Å²) in [6.45, 7) is 11.0. The third kappa shape index (κ3) is 4.48. The highest BCUT2D eigenvalue weighted by atomic mass is 35.5. The molecule has 0 aromatic rings. The molecule has 0 rings (SSSR count). The lowest BCUT2D eigenvalue weighted by atomic mass is 10.5. The Kier molecular flexibility index (Phi) is 6.24. The van der Waals surface area contributed by atoms with E-state index >= 15 is 0 Å². The molecular weight excluding hydrogens is 188 g/mol. The Labute approximate surface area is 83.2 Å². The van der Waals surface area contributed by atoms with Crippen molar-refractivity contribution < 1.29 is 4.43 Å². The molecule has 0 aliphatic carbocycles. The average Bonchev–Trinajstić information content (AvgIpc) is 1.98. The van der Waals surface area contributed by atoms with Gasteiger partial charge in [-0.3, -0.25) is 0 Å². The van der Waals surface area contributed by atoms with Crippen LogP contribution in [0, 0.1) is 0 Å². The van der Waals surface area contributed by atoms with E-state index in [4.69, 9.17) is 16.0 Å². The molecule has 74 valence electrons. The molecule has 0 aromatic carbocycles. The van der Waals surface area contributed by atoms with Gasteiger partial charge in [0.05, 0.1) is 6.10 Å². The van der Waals surface area contributed by atoms with Crippen molar-refractivity contribution in [2.45, 2.75) is 51.8 Å². The summed E-state index contributed by atoms with van der Waals surface area (Å²) in [7, 11) is -1.04. The van der Waals surface area contributed by atoms with E-state index in [2.05, 4.69) is 34.6 Å². The molecule has 0 spiro atoms. The SMILES string of the molecule is CC(CCl)O[SiH](C(C)C)C(C)C. The van der Waals surface area contributed by atoms with Gasteiger partial charge < -0.3 is 4.43 Å². The molecule has 1 unspecified atom stereocenters. The van der Waals surface area contributed by atoms with Crippen LogP contribution in [0.25, 0.3) is 0 Å². The largest absolute Gasteiger partial charge is 0.416 e. The van der Waals surface area contributed by atoms with E-state index in [1.807, 2.05) is 0 Å². The summed E-state index contributed by atoms with van der Waals surface area (Å²) in [6, 6.07) is 0. The molecule has 3 heteroatoms. The zero-order valence-corrected chi connectivity index (χ0v) is 10.7. The fourth-order valence-corrected chi connectivity index (χ4v) is 4.38. The fraction of sp³-hybridized carbons (Fsp3) is 1.00. The smallest absolute Gasteiger partial charge is 0.182 e. The van der Waals surface area contributed by atoms with Crippen molar-refractivity contribution in [2.75, 3.05) is 5.88 Å². The van der Waals surface area contributed by atoms with Crippen molar-refractivity contribution >= 4 is 20.6 Å². The molecule has 0 N–H and O–H groups in total. The summed E-state index contributed by atoms with van der Waals surface area (Å²) in [5.41, 5.74) is 1.41. The van der Waals surface area contributed by atoms with Gasteiger partial charge in [-0.15, -0.1) is 11.6 Å².